The Hall–Kier alpha value is -2.21. The minimum atomic E-state index is -0.250. The number of unbranched alkanes of at least 4 members (excludes halogenated alkanes) is 2. The van der Waals surface area contributed by atoms with Gasteiger partial charge in [-0.15, -0.1) is 0 Å². The molecule has 6 nitrogen and oxygen atoms in total. The second-order valence-electron chi connectivity index (χ2n) is 6.98. The van der Waals surface area contributed by atoms with Crippen LogP contribution in [0.25, 0.3) is 11.0 Å². The van der Waals surface area contributed by atoms with Gasteiger partial charge in [0.2, 0.25) is 5.91 Å². The number of rotatable bonds is 8. The van der Waals surface area contributed by atoms with Crippen LogP contribution in [0.15, 0.2) is 35.3 Å². The van der Waals surface area contributed by atoms with E-state index in [0.717, 1.165) is 18.4 Å². The van der Waals surface area contributed by atoms with E-state index in [1.165, 1.54) is 56.1 Å². The Morgan fingerprint density at radius 3 is 2.73 bits per heavy atom. The van der Waals surface area contributed by atoms with Crippen LogP contribution in [0, 0.1) is 0 Å². The molecule has 26 heavy (non-hydrogen) atoms. The van der Waals surface area contributed by atoms with Crippen LogP contribution in [-0.4, -0.2) is 46.5 Å². The van der Waals surface area contributed by atoms with E-state index in [2.05, 4.69) is 15.2 Å². The van der Waals surface area contributed by atoms with E-state index in [-0.39, 0.29) is 18.0 Å². The number of hydrogen-bond acceptors (Lipinski definition) is 4. The summed E-state index contributed by atoms with van der Waals surface area (Å²) < 4.78 is 1.48. The molecule has 6 heteroatoms. The zero-order valence-corrected chi connectivity index (χ0v) is 15.3. The van der Waals surface area contributed by atoms with Gasteiger partial charge in [-0.25, -0.2) is 4.98 Å². The molecule has 3 rings (SSSR count). The number of carbonyl (C=O) groups is 1. The molecular weight excluding hydrogens is 328 g/mol. The predicted molar refractivity (Wildman–Crippen MR) is 103 cm³/mol. The molecule has 1 N–H and O–H groups in total. The summed E-state index contributed by atoms with van der Waals surface area (Å²) in [6.45, 7) is 4.36. The van der Waals surface area contributed by atoms with Crippen molar-refractivity contribution >= 4 is 16.9 Å². The van der Waals surface area contributed by atoms with Gasteiger partial charge in [-0.2, -0.15) is 0 Å². The molecule has 0 atom stereocenters. The summed E-state index contributed by atoms with van der Waals surface area (Å²) in [6.07, 6.45) is 8.59. The van der Waals surface area contributed by atoms with E-state index >= 15 is 0 Å². The number of para-hydroxylation sites is 2. The maximum absolute atomic E-state index is 12.2. The number of carbonyl (C=O) groups excluding carboxylic acids is 1. The van der Waals surface area contributed by atoms with Crippen LogP contribution in [0.4, 0.5) is 0 Å². The van der Waals surface area contributed by atoms with E-state index in [1.54, 1.807) is 0 Å². The van der Waals surface area contributed by atoms with Crippen molar-refractivity contribution in [3.8, 4) is 0 Å². The number of hydrogen-bond donors (Lipinski definition) is 1. The number of nitrogens with one attached hydrogen (secondary N) is 1. The van der Waals surface area contributed by atoms with Crippen molar-refractivity contribution in [3.63, 3.8) is 0 Å². The van der Waals surface area contributed by atoms with Crippen molar-refractivity contribution in [3.05, 3.63) is 40.8 Å². The molecule has 1 aliphatic rings. The van der Waals surface area contributed by atoms with Crippen LogP contribution in [0.3, 0.4) is 0 Å². The fraction of sp³-hybridized carbons (Fsp3) is 0.550. The Balaban J connectivity index is 1.39. The summed E-state index contributed by atoms with van der Waals surface area (Å²) in [7, 11) is 0. The fourth-order valence-electron chi connectivity index (χ4n) is 3.53. The molecular formula is C20H28N4O2. The minimum Gasteiger partial charge on any atom is -0.355 e. The summed E-state index contributed by atoms with van der Waals surface area (Å²) in [6, 6.07) is 7.37. The number of piperidine rings is 1. The second kappa shape index (κ2) is 9.48. The SMILES string of the molecule is O=C(Cn1c(=O)cnc2ccccc21)NCCCCCN1CCCCC1. The van der Waals surface area contributed by atoms with Crippen molar-refractivity contribution in [2.24, 2.45) is 0 Å². The zero-order valence-electron chi connectivity index (χ0n) is 15.3. The topological polar surface area (TPSA) is 67.2 Å². The number of nitrogens with zero attached hydrogens (tertiary/aromatic N) is 3. The van der Waals surface area contributed by atoms with Crippen molar-refractivity contribution in [1.29, 1.82) is 0 Å². The summed E-state index contributed by atoms with van der Waals surface area (Å²) in [5, 5.41) is 2.93. The van der Waals surface area contributed by atoms with Gasteiger partial charge in [0.25, 0.3) is 5.56 Å². The van der Waals surface area contributed by atoms with E-state index in [0.29, 0.717) is 12.1 Å². The molecule has 1 saturated heterocycles. The molecule has 0 spiro atoms. The lowest BCUT2D eigenvalue weighted by Crippen LogP contribution is -2.33. The Labute approximate surface area is 154 Å². The third-order valence-electron chi connectivity index (χ3n) is 4.98. The maximum Gasteiger partial charge on any atom is 0.269 e. The van der Waals surface area contributed by atoms with E-state index in [1.807, 2.05) is 24.3 Å². The van der Waals surface area contributed by atoms with Crippen LogP contribution in [0.2, 0.25) is 0 Å². The first kappa shape index (κ1) is 18.6. The first-order valence-electron chi connectivity index (χ1n) is 9.68. The van der Waals surface area contributed by atoms with Crippen molar-refractivity contribution in [1.82, 2.24) is 19.8 Å². The summed E-state index contributed by atoms with van der Waals surface area (Å²) >= 11 is 0. The molecule has 2 heterocycles. The fourth-order valence-corrected chi connectivity index (χ4v) is 3.53. The molecule has 0 saturated carbocycles. The number of aromatic nitrogens is 2. The van der Waals surface area contributed by atoms with E-state index in [4.69, 9.17) is 0 Å². The molecule has 0 radical (unpaired) electrons. The minimum absolute atomic E-state index is 0.0373. The van der Waals surface area contributed by atoms with Gasteiger partial charge >= 0.3 is 0 Å². The smallest absolute Gasteiger partial charge is 0.269 e. The van der Waals surface area contributed by atoms with E-state index < -0.39 is 0 Å². The van der Waals surface area contributed by atoms with Crippen LogP contribution in [-0.2, 0) is 11.3 Å². The lowest BCUT2D eigenvalue weighted by atomic mass is 10.1. The third-order valence-corrected chi connectivity index (χ3v) is 4.98. The van der Waals surface area contributed by atoms with Crippen LogP contribution < -0.4 is 10.9 Å². The third kappa shape index (κ3) is 5.14. The molecule has 1 amide bonds. The lowest BCUT2D eigenvalue weighted by molar-refractivity contribution is -0.121. The Morgan fingerprint density at radius 2 is 1.88 bits per heavy atom. The highest BCUT2D eigenvalue weighted by molar-refractivity contribution is 5.79. The molecule has 0 aliphatic carbocycles. The average Bonchev–Trinajstić information content (AvgIpc) is 2.67. The molecule has 140 valence electrons. The van der Waals surface area contributed by atoms with Gasteiger partial charge in [-0.05, 0) is 57.5 Å². The summed E-state index contributed by atoms with van der Waals surface area (Å²) in [5.41, 5.74) is 1.16. The highest BCUT2D eigenvalue weighted by atomic mass is 16.2. The van der Waals surface area contributed by atoms with Gasteiger partial charge in [0.05, 0.1) is 17.2 Å². The molecule has 1 aromatic heterocycles. The highest BCUT2D eigenvalue weighted by Gasteiger charge is 2.10. The largest absolute Gasteiger partial charge is 0.355 e. The maximum atomic E-state index is 12.2. The first-order valence-corrected chi connectivity index (χ1v) is 9.68. The zero-order chi connectivity index (χ0) is 18.2. The second-order valence-corrected chi connectivity index (χ2v) is 6.98. The Morgan fingerprint density at radius 1 is 1.08 bits per heavy atom. The number of fused-ring (bicyclic) bond motifs is 1. The van der Waals surface area contributed by atoms with Crippen molar-refractivity contribution in [2.75, 3.05) is 26.2 Å². The van der Waals surface area contributed by atoms with Crippen LogP contribution in [0.5, 0.6) is 0 Å². The Bertz CT molecular complexity index is 781. The van der Waals surface area contributed by atoms with Crippen molar-refractivity contribution in [2.45, 2.75) is 45.1 Å². The van der Waals surface area contributed by atoms with Gasteiger partial charge in [-0.3, -0.25) is 14.2 Å². The summed E-state index contributed by atoms with van der Waals surface area (Å²) in [4.78, 5) is 30.9. The number of benzene rings is 1. The van der Waals surface area contributed by atoms with Gasteiger partial charge in [0.15, 0.2) is 0 Å². The van der Waals surface area contributed by atoms with Gasteiger partial charge in [0, 0.05) is 6.54 Å². The van der Waals surface area contributed by atoms with Gasteiger partial charge in [-0.1, -0.05) is 25.0 Å². The van der Waals surface area contributed by atoms with E-state index in [9.17, 15) is 9.59 Å². The molecule has 0 bridgehead atoms. The van der Waals surface area contributed by atoms with Crippen LogP contribution in [0.1, 0.15) is 38.5 Å². The molecule has 1 aromatic carbocycles. The van der Waals surface area contributed by atoms with Crippen LogP contribution >= 0.6 is 0 Å². The first-order chi connectivity index (χ1) is 12.7. The average molecular weight is 356 g/mol. The Kier molecular flexibility index (Phi) is 6.77. The van der Waals surface area contributed by atoms with Gasteiger partial charge < -0.3 is 10.2 Å². The number of likely N-dealkylation sites (tertiary alicyclic amines) is 1. The van der Waals surface area contributed by atoms with Crippen molar-refractivity contribution < 1.29 is 4.79 Å². The predicted octanol–water partition coefficient (Wildman–Crippen LogP) is 2.17. The highest BCUT2D eigenvalue weighted by Crippen LogP contribution is 2.10. The lowest BCUT2D eigenvalue weighted by Gasteiger charge is -2.26. The summed E-state index contributed by atoms with van der Waals surface area (Å²) in [5.74, 6) is -0.125. The molecule has 0 unspecified atom stereocenters. The quantitative estimate of drug-likeness (QED) is 0.736. The molecule has 2 aromatic rings. The van der Waals surface area contributed by atoms with Gasteiger partial charge in [0.1, 0.15) is 6.54 Å². The monoisotopic (exact) mass is 356 g/mol. The standard InChI is InChI=1S/C20H28N4O2/c25-19(21-11-5-1-6-12-23-13-7-2-8-14-23)16-24-18-10-4-3-9-17(18)22-15-20(24)26/h3-4,9-10,15H,1-2,5-8,11-14,16H2,(H,21,25). The molecule has 1 aliphatic heterocycles. The molecule has 1 fully saturated rings. The number of amides is 1. The normalized spacial score (nSPS) is 15.2.